The van der Waals surface area contributed by atoms with E-state index >= 15 is 0 Å². The van der Waals surface area contributed by atoms with Crippen LogP contribution in [-0.2, 0) is 0 Å². The van der Waals surface area contributed by atoms with Gasteiger partial charge in [0.25, 0.3) is 0 Å². The lowest BCUT2D eigenvalue weighted by Gasteiger charge is -2.35. The molecule has 1 aromatic heterocycles. The van der Waals surface area contributed by atoms with E-state index in [2.05, 4.69) is 64.0 Å². The summed E-state index contributed by atoms with van der Waals surface area (Å²) in [6.07, 6.45) is 5.35. The van der Waals surface area contributed by atoms with Crippen LogP contribution in [0.25, 0.3) is 0 Å². The molecule has 1 saturated heterocycles. The molecule has 2 unspecified atom stereocenters. The highest BCUT2D eigenvalue weighted by molar-refractivity contribution is 7.10. The lowest BCUT2D eigenvalue weighted by Crippen LogP contribution is -2.47. The van der Waals surface area contributed by atoms with Crippen molar-refractivity contribution in [3.05, 3.63) is 22.4 Å². The second kappa shape index (κ2) is 10.8. The first-order chi connectivity index (χ1) is 12.2. The number of likely N-dealkylation sites (N-methyl/N-ethyl adjacent to an activating group) is 1. The minimum atomic E-state index is 0.366. The monoisotopic (exact) mass is 365 g/mol. The van der Waals surface area contributed by atoms with Gasteiger partial charge >= 0.3 is 0 Å². The quantitative estimate of drug-likeness (QED) is 0.549. The average Bonchev–Trinajstić information content (AvgIpc) is 3.14. The van der Waals surface area contributed by atoms with E-state index in [-0.39, 0.29) is 0 Å². The van der Waals surface area contributed by atoms with Gasteiger partial charge in [0.05, 0.1) is 6.04 Å². The zero-order valence-corrected chi connectivity index (χ0v) is 17.1. The lowest BCUT2D eigenvalue weighted by atomic mass is 10.0. The third kappa shape index (κ3) is 6.28. The maximum atomic E-state index is 4.38. The van der Waals surface area contributed by atoms with Gasteiger partial charge in [0, 0.05) is 37.6 Å². The van der Waals surface area contributed by atoms with Crippen molar-refractivity contribution in [2.45, 2.75) is 44.7 Å². The molecular weight excluding hydrogens is 330 g/mol. The first-order valence-electron chi connectivity index (χ1n) is 9.54. The lowest BCUT2D eigenvalue weighted by molar-refractivity contribution is 0.147. The van der Waals surface area contributed by atoms with Gasteiger partial charge in [-0.2, -0.15) is 0 Å². The molecule has 2 atom stereocenters. The van der Waals surface area contributed by atoms with Gasteiger partial charge < -0.3 is 15.5 Å². The van der Waals surface area contributed by atoms with Crippen LogP contribution in [0.1, 0.15) is 43.5 Å². The van der Waals surface area contributed by atoms with Gasteiger partial charge in [-0.15, -0.1) is 11.3 Å². The molecule has 2 heterocycles. The van der Waals surface area contributed by atoms with Crippen LogP contribution in [0.15, 0.2) is 22.5 Å². The topological polar surface area (TPSA) is 42.9 Å². The van der Waals surface area contributed by atoms with E-state index in [0.717, 1.165) is 31.6 Å². The Morgan fingerprint density at radius 1 is 1.40 bits per heavy atom. The number of likely N-dealkylation sites (tertiary alicyclic amines) is 1. The Kier molecular flexibility index (Phi) is 8.72. The first kappa shape index (κ1) is 20.2. The zero-order valence-electron chi connectivity index (χ0n) is 16.3. The molecule has 142 valence electrons. The van der Waals surface area contributed by atoms with Crippen molar-refractivity contribution in [2.24, 2.45) is 4.99 Å². The van der Waals surface area contributed by atoms with Crippen LogP contribution in [0, 0.1) is 0 Å². The molecule has 1 fully saturated rings. The van der Waals surface area contributed by atoms with Gasteiger partial charge in [-0.3, -0.25) is 9.89 Å². The molecular formula is C19H35N5S. The number of piperidine rings is 1. The normalized spacial score (nSPS) is 20.7. The Hall–Kier alpha value is -1.11. The zero-order chi connectivity index (χ0) is 18.1. The number of hydrogen-bond donors (Lipinski definition) is 2. The van der Waals surface area contributed by atoms with E-state index in [9.17, 15) is 0 Å². The van der Waals surface area contributed by atoms with E-state index in [1.807, 2.05) is 18.4 Å². The summed E-state index contributed by atoms with van der Waals surface area (Å²) in [5.74, 6) is 0.897. The fourth-order valence-electron chi connectivity index (χ4n) is 3.57. The minimum Gasteiger partial charge on any atom is -0.355 e. The Bertz CT molecular complexity index is 500. The third-order valence-corrected chi connectivity index (χ3v) is 6.07. The summed E-state index contributed by atoms with van der Waals surface area (Å²) in [4.78, 5) is 10.7. The average molecular weight is 366 g/mol. The predicted molar refractivity (Wildman–Crippen MR) is 110 cm³/mol. The van der Waals surface area contributed by atoms with E-state index in [1.165, 1.54) is 37.1 Å². The molecule has 2 N–H and O–H groups in total. The van der Waals surface area contributed by atoms with Crippen molar-refractivity contribution in [2.75, 3.05) is 47.3 Å². The number of nitrogens with zero attached hydrogens (tertiary/aromatic N) is 3. The van der Waals surface area contributed by atoms with Gasteiger partial charge in [-0.1, -0.05) is 19.4 Å². The second-order valence-electron chi connectivity index (χ2n) is 6.97. The van der Waals surface area contributed by atoms with Crippen LogP contribution in [0.5, 0.6) is 0 Å². The van der Waals surface area contributed by atoms with Crippen LogP contribution >= 0.6 is 11.3 Å². The van der Waals surface area contributed by atoms with Crippen molar-refractivity contribution in [3.63, 3.8) is 0 Å². The Labute approximate surface area is 157 Å². The van der Waals surface area contributed by atoms with Gasteiger partial charge in [0.15, 0.2) is 5.96 Å². The SMILES string of the molecule is CCC1CCCCN1CCNC(=NC)NCC(c1cccs1)N(C)C. The summed E-state index contributed by atoms with van der Waals surface area (Å²) in [6.45, 7) is 6.45. The van der Waals surface area contributed by atoms with Crippen LogP contribution < -0.4 is 10.6 Å². The first-order valence-corrected chi connectivity index (χ1v) is 10.4. The maximum absolute atomic E-state index is 4.38. The number of aliphatic imine (C=N–C) groups is 1. The Morgan fingerprint density at radius 3 is 2.88 bits per heavy atom. The minimum absolute atomic E-state index is 0.366. The van der Waals surface area contributed by atoms with Crippen LogP contribution in [0.4, 0.5) is 0 Å². The maximum Gasteiger partial charge on any atom is 0.191 e. The number of rotatable bonds is 8. The molecule has 0 aromatic carbocycles. The van der Waals surface area contributed by atoms with Crippen molar-refractivity contribution < 1.29 is 0 Å². The fourth-order valence-corrected chi connectivity index (χ4v) is 4.49. The van der Waals surface area contributed by atoms with Crippen LogP contribution in [-0.4, -0.2) is 69.1 Å². The number of thiophene rings is 1. The summed E-state index contributed by atoms with van der Waals surface area (Å²) in [5, 5.41) is 9.11. The Balaban J connectivity index is 1.76. The standard InChI is InChI=1S/C19H35N5S/c1-5-16-9-6-7-12-24(16)13-11-21-19(20-2)22-15-17(23(3)4)18-10-8-14-25-18/h8,10,14,16-17H,5-7,9,11-13,15H2,1-4H3,(H2,20,21,22). The molecule has 6 heteroatoms. The van der Waals surface area contributed by atoms with E-state index in [0.29, 0.717) is 6.04 Å². The predicted octanol–water partition coefficient (Wildman–Crippen LogP) is 2.78. The summed E-state index contributed by atoms with van der Waals surface area (Å²) in [7, 11) is 6.11. The smallest absolute Gasteiger partial charge is 0.191 e. The molecule has 1 aliphatic rings. The number of hydrogen-bond acceptors (Lipinski definition) is 4. The molecule has 0 radical (unpaired) electrons. The largest absolute Gasteiger partial charge is 0.355 e. The van der Waals surface area contributed by atoms with Gasteiger partial charge in [-0.05, 0) is 51.3 Å². The Morgan fingerprint density at radius 2 is 2.24 bits per heavy atom. The summed E-state index contributed by atoms with van der Waals surface area (Å²) < 4.78 is 0. The van der Waals surface area contributed by atoms with Crippen molar-refractivity contribution >= 4 is 17.3 Å². The highest BCUT2D eigenvalue weighted by atomic mass is 32.1. The summed E-state index contributed by atoms with van der Waals surface area (Å²) >= 11 is 1.81. The molecule has 0 bridgehead atoms. The molecule has 0 saturated carbocycles. The summed E-state index contributed by atoms with van der Waals surface area (Å²) in [5.41, 5.74) is 0. The van der Waals surface area contributed by atoms with Crippen molar-refractivity contribution in [1.29, 1.82) is 0 Å². The molecule has 0 spiro atoms. The molecule has 0 aliphatic carbocycles. The second-order valence-corrected chi connectivity index (χ2v) is 7.95. The van der Waals surface area contributed by atoms with Crippen LogP contribution in [0.2, 0.25) is 0 Å². The molecule has 1 aromatic rings. The summed E-state index contributed by atoms with van der Waals surface area (Å²) in [6, 6.07) is 5.45. The molecule has 0 amide bonds. The highest BCUT2D eigenvalue weighted by Gasteiger charge is 2.20. The van der Waals surface area contributed by atoms with E-state index in [1.54, 1.807) is 0 Å². The van der Waals surface area contributed by atoms with Crippen LogP contribution in [0.3, 0.4) is 0 Å². The third-order valence-electron chi connectivity index (χ3n) is 5.09. The van der Waals surface area contributed by atoms with Gasteiger partial charge in [0.1, 0.15) is 0 Å². The van der Waals surface area contributed by atoms with Crippen molar-refractivity contribution in [3.8, 4) is 0 Å². The van der Waals surface area contributed by atoms with E-state index in [4.69, 9.17) is 0 Å². The molecule has 2 rings (SSSR count). The molecule has 5 nitrogen and oxygen atoms in total. The fraction of sp³-hybridized carbons (Fsp3) is 0.737. The van der Waals surface area contributed by atoms with Gasteiger partial charge in [0.2, 0.25) is 0 Å². The van der Waals surface area contributed by atoms with Crippen molar-refractivity contribution in [1.82, 2.24) is 20.4 Å². The number of nitrogens with one attached hydrogen (secondary N) is 2. The highest BCUT2D eigenvalue weighted by Crippen LogP contribution is 2.22. The van der Waals surface area contributed by atoms with Gasteiger partial charge in [-0.25, -0.2) is 0 Å². The molecule has 1 aliphatic heterocycles. The molecule has 25 heavy (non-hydrogen) atoms. The number of guanidine groups is 1. The van der Waals surface area contributed by atoms with E-state index < -0.39 is 0 Å².